The number of rotatable bonds is 7. The summed E-state index contributed by atoms with van der Waals surface area (Å²) in [5.74, 6) is -0.873. The van der Waals surface area contributed by atoms with Gasteiger partial charge in [-0.1, -0.05) is 46.9 Å². The molecule has 1 aliphatic heterocycles. The highest BCUT2D eigenvalue weighted by atomic mass is 35.5. The van der Waals surface area contributed by atoms with Gasteiger partial charge in [-0.3, -0.25) is 18.9 Å². The summed E-state index contributed by atoms with van der Waals surface area (Å²) in [5, 5.41) is 6.29. The van der Waals surface area contributed by atoms with Crippen LogP contribution in [0.5, 0.6) is 0 Å². The van der Waals surface area contributed by atoms with Crippen molar-refractivity contribution >= 4 is 68.0 Å². The highest BCUT2D eigenvalue weighted by Crippen LogP contribution is 2.38. The van der Waals surface area contributed by atoms with Crippen molar-refractivity contribution in [2.24, 2.45) is 5.92 Å². The van der Waals surface area contributed by atoms with Crippen LogP contribution >= 0.6 is 34.8 Å². The van der Waals surface area contributed by atoms with Crippen LogP contribution in [0.1, 0.15) is 43.2 Å². The molecule has 0 bridgehead atoms. The van der Waals surface area contributed by atoms with Gasteiger partial charge < -0.3 is 10.6 Å². The van der Waals surface area contributed by atoms with Gasteiger partial charge in [-0.25, -0.2) is 8.42 Å². The van der Waals surface area contributed by atoms with E-state index in [1.54, 1.807) is 36.4 Å². The van der Waals surface area contributed by atoms with E-state index in [2.05, 4.69) is 15.6 Å². The fourth-order valence-electron chi connectivity index (χ4n) is 4.87. The summed E-state index contributed by atoms with van der Waals surface area (Å²) in [4.78, 5) is 29.2. The molecule has 0 saturated heterocycles. The second-order valence-corrected chi connectivity index (χ2v) is 13.2. The third kappa shape index (κ3) is 6.66. The number of aromatic nitrogens is 1. The molecule has 206 valence electrons. The molecular formula is C27H27Cl3N4O4S. The summed E-state index contributed by atoms with van der Waals surface area (Å²) in [6, 6.07) is 12.3. The Hall–Kier alpha value is -2.85. The molecular weight excluding hydrogens is 583 g/mol. The highest BCUT2D eigenvalue weighted by Gasteiger charge is 2.37. The molecule has 0 aliphatic carbocycles. The molecule has 0 fully saturated rings. The summed E-state index contributed by atoms with van der Waals surface area (Å²) in [6.45, 7) is 5.37. The van der Waals surface area contributed by atoms with E-state index in [1.165, 1.54) is 29.6 Å². The molecule has 1 aliphatic rings. The minimum atomic E-state index is -4.05. The van der Waals surface area contributed by atoms with Crippen LogP contribution in [0.3, 0.4) is 0 Å². The summed E-state index contributed by atoms with van der Waals surface area (Å²) in [6.07, 6.45) is 2.45. The quantitative estimate of drug-likeness (QED) is 0.343. The van der Waals surface area contributed by atoms with Crippen LogP contribution < -0.4 is 14.9 Å². The number of hydrogen-bond acceptors (Lipinski definition) is 5. The minimum Gasteiger partial charge on any atom is -0.351 e. The Labute approximate surface area is 242 Å². The van der Waals surface area contributed by atoms with Crippen LogP contribution in [0.4, 0.5) is 11.4 Å². The van der Waals surface area contributed by atoms with E-state index in [9.17, 15) is 18.0 Å². The molecule has 12 heteroatoms. The lowest BCUT2D eigenvalue weighted by Gasteiger charge is -2.38. The monoisotopic (exact) mass is 608 g/mol. The number of hydrogen-bond donors (Lipinski definition) is 2. The number of sulfonamides is 1. The Morgan fingerprint density at radius 3 is 2.38 bits per heavy atom. The molecule has 4 rings (SSSR count). The zero-order valence-electron chi connectivity index (χ0n) is 21.5. The average molecular weight is 610 g/mol. The van der Waals surface area contributed by atoms with E-state index in [1.807, 2.05) is 13.8 Å². The van der Waals surface area contributed by atoms with E-state index in [0.717, 1.165) is 0 Å². The molecule has 3 aromatic rings. The van der Waals surface area contributed by atoms with Crippen LogP contribution in [0.15, 0.2) is 59.6 Å². The van der Waals surface area contributed by atoms with Crippen LogP contribution in [-0.2, 0) is 21.2 Å². The number of pyridine rings is 1. The topological polar surface area (TPSA) is 108 Å². The first kappa shape index (κ1) is 29.1. The molecule has 39 heavy (non-hydrogen) atoms. The maximum Gasteiger partial charge on any atom is 0.264 e. The summed E-state index contributed by atoms with van der Waals surface area (Å²) in [5.41, 5.74) is 0.692. The minimum absolute atomic E-state index is 0.0278. The van der Waals surface area contributed by atoms with E-state index in [4.69, 9.17) is 34.8 Å². The zero-order chi connectivity index (χ0) is 28.5. The van der Waals surface area contributed by atoms with Gasteiger partial charge in [0, 0.05) is 24.0 Å². The van der Waals surface area contributed by atoms with Crippen molar-refractivity contribution in [1.82, 2.24) is 10.3 Å². The summed E-state index contributed by atoms with van der Waals surface area (Å²) >= 11 is 18.5. The number of halogens is 3. The predicted molar refractivity (Wildman–Crippen MR) is 154 cm³/mol. The second kappa shape index (κ2) is 11.3. The first-order valence-corrected chi connectivity index (χ1v) is 14.7. The van der Waals surface area contributed by atoms with Crippen LogP contribution in [0.25, 0.3) is 0 Å². The van der Waals surface area contributed by atoms with Gasteiger partial charge >= 0.3 is 0 Å². The lowest BCUT2D eigenvalue weighted by Crippen LogP contribution is -2.47. The van der Waals surface area contributed by atoms with E-state index in [0.29, 0.717) is 24.2 Å². The summed E-state index contributed by atoms with van der Waals surface area (Å²) < 4.78 is 29.1. The van der Waals surface area contributed by atoms with Crippen LogP contribution in [-0.4, -0.2) is 37.3 Å². The van der Waals surface area contributed by atoms with E-state index in [-0.39, 0.29) is 49.6 Å². The molecule has 1 atom stereocenters. The lowest BCUT2D eigenvalue weighted by molar-refractivity contribution is -0.120. The number of benzene rings is 2. The highest BCUT2D eigenvalue weighted by molar-refractivity contribution is 7.92. The number of anilines is 2. The molecule has 8 nitrogen and oxygen atoms in total. The van der Waals surface area contributed by atoms with Crippen molar-refractivity contribution < 1.29 is 18.0 Å². The van der Waals surface area contributed by atoms with Gasteiger partial charge in [0.15, 0.2) is 0 Å². The fourth-order valence-corrected chi connectivity index (χ4v) is 7.30. The number of amides is 2. The lowest BCUT2D eigenvalue weighted by atomic mass is 9.85. The maximum atomic E-state index is 13.9. The van der Waals surface area contributed by atoms with Gasteiger partial charge in [0.1, 0.15) is 0 Å². The van der Waals surface area contributed by atoms with Crippen molar-refractivity contribution in [3.8, 4) is 0 Å². The Balaban J connectivity index is 1.73. The predicted octanol–water partition coefficient (Wildman–Crippen LogP) is 5.97. The van der Waals surface area contributed by atoms with Gasteiger partial charge in [0.2, 0.25) is 5.91 Å². The maximum absolute atomic E-state index is 13.9. The van der Waals surface area contributed by atoms with Crippen molar-refractivity contribution in [1.29, 1.82) is 0 Å². The molecule has 2 aromatic carbocycles. The number of nitrogens with one attached hydrogen (secondary N) is 2. The molecule has 1 aromatic heterocycles. The number of carbonyl (C=O) groups excluding carboxylic acids is 2. The van der Waals surface area contributed by atoms with E-state index >= 15 is 0 Å². The molecule has 2 amide bonds. The third-order valence-electron chi connectivity index (χ3n) is 6.27. The molecule has 0 radical (unpaired) electrons. The molecule has 0 unspecified atom stereocenters. The first-order valence-electron chi connectivity index (χ1n) is 12.1. The van der Waals surface area contributed by atoms with Crippen molar-refractivity contribution in [2.45, 2.75) is 44.0 Å². The molecule has 0 spiro atoms. The van der Waals surface area contributed by atoms with Crippen LogP contribution in [0.2, 0.25) is 15.1 Å². The standard InChI is InChI=1S/C27H27Cl3N4O4S/c1-16(35)33-27(2,3)13-17-10-23-24(34(15-17)39(37,38)20-7-4-6-18(28)11-20)12-19(14-31-23)32-26(36)25-21(29)8-5-9-22(25)30/h4-9,11-12,14,17H,10,13,15H2,1-3H3,(H,32,36)(H,33,35)/t17-/m0/s1. The number of carbonyl (C=O) groups is 2. The Morgan fingerprint density at radius 2 is 1.74 bits per heavy atom. The largest absolute Gasteiger partial charge is 0.351 e. The number of nitrogens with zero attached hydrogens (tertiary/aromatic N) is 2. The molecule has 2 heterocycles. The van der Waals surface area contributed by atoms with Crippen molar-refractivity contribution in [3.05, 3.63) is 81.1 Å². The van der Waals surface area contributed by atoms with Crippen molar-refractivity contribution in [2.75, 3.05) is 16.2 Å². The molecule has 0 saturated carbocycles. The average Bonchev–Trinajstić information content (AvgIpc) is 2.82. The SMILES string of the molecule is CC(=O)NC(C)(C)C[C@@H]1Cc2ncc(NC(=O)c3c(Cl)cccc3Cl)cc2N(S(=O)(=O)c2cccc(Cl)c2)C1. The Kier molecular flexibility index (Phi) is 8.47. The van der Waals surface area contributed by atoms with E-state index < -0.39 is 21.5 Å². The van der Waals surface area contributed by atoms with Gasteiger partial charge in [-0.15, -0.1) is 0 Å². The smallest absolute Gasteiger partial charge is 0.264 e. The summed E-state index contributed by atoms with van der Waals surface area (Å²) in [7, 11) is -4.05. The number of fused-ring (bicyclic) bond motifs is 1. The molecule has 2 N–H and O–H groups in total. The van der Waals surface area contributed by atoms with Gasteiger partial charge in [0.05, 0.1) is 43.8 Å². The Morgan fingerprint density at radius 1 is 1.08 bits per heavy atom. The Bertz CT molecular complexity index is 1530. The third-order valence-corrected chi connectivity index (χ3v) is 8.91. The van der Waals surface area contributed by atoms with Gasteiger partial charge in [-0.2, -0.15) is 0 Å². The van der Waals surface area contributed by atoms with Gasteiger partial charge in [0.25, 0.3) is 15.9 Å². The van der Waals surface area contributed by atoms with Crippen molar-refractivity contribution in [3.63, 3.8) is 0 Å². The normalized spacial score (nSPS) is 15.4. The first-order chi connectivity index (χ1) is 18.3. The van der Waals surface area contributed by atoms with Crippen LogP contribution in [0, 0.1) is 5.92 Å². The fraction of sp³-hybridized carbons (Fsp3) is 0.296. The zero-order valence-corrected chi connectivity index (χ0v) is 24.5. The van der Waals surface area contributed by atoms with Gasteiger partial charge in [-0.05, 0) is 69.0 Å². The second-order valence-electron chi connectivity index (χ2n) is 10.1.